The number of nitrogens with zero attached hydrogens (tertiary/aromatic N) is 3. The van der Waals surface area contributed by atoms with E-state index < -0.39 is 0 Å². The van der Waals surface area contributed by atoms with E-state index in [9.17, 15) is 0 Å². The molecular weight excluding hydrogens is 358 g/mol. The van der Waals surface area contributed by atoms with Gasteiger partial charge >= 0.3 is 0 Å². The summed E-state index contributed by atoms with van der Waals surface area (Å²) in [6, 6.07) is 16.6. The van der Waals surface area contributed by atoms with Crippen LogP contribution < -0.4 is 4.74 Å². The Morgan fingerprint density at radius 1 is 1.07 bits per heavy atom. The van der Waals surface area contributed by atoms with Crippen molar-refractivity contribution in [3.63, 3.8) is 0 Å². The molecule has 0 radical (unpaired) electrons. The minimum atomic E-state index is 0.701. The first kappa shape index (κ1) is 16.7. The van der Waals surface area contributed by atoms with Gasteiger partial charge in [-0.25, -0.2) is 4.98 Å². The van der Waals surface area contributed by atoms with Gasteiger partial charge in [-0.15, -0.1) is 0 Å². The first-order chi connectivity index (χ1) is 13.4. The summed E-state index contributed by atoms with van der Waals surface area (Å²) in [5, 5.41) is 0. The zero-order valence-corrected chi connectivity index (χ0v) is 15.8. The maximum Gasteiger partial charge on any atom is 0.195 e. The maximum absolute atomic E-state index is 5.98. The fourth-order valence-corrected chi connectivity index (χ4v) is 4.47. The maximum atomic E-state index is 5.98. The highest BCUT2D eigenvalue weighted by Crippen LogP contribution is 2.31. The molecule has 1 aliphatic heterocycles. The quantitative estimate of drug-likeness (QED) is 0.527. The van der Waals surface area contributed by atoms with Gasteiger partial charge in [0.2, 0.25) is 0 Å². The number of thiazole rings is 1. The third kappa shape index (κ3) is 3.43. The first-order valence-corrected chi connectivity index (χ1v) is 10.1. The number of fused-ring (bicyclic) bond motifs is 3. The second-order valence-electron chi connectivity index (χ2n) is 6.68. The Hall–Kier alpha value is -2.41. The first-order valence-electron chi connectivity index (χ1n) is 9.27. The number of hydrogen-bond acceptors (Lipinski definition) is 5. The van der Waals surface area contributed by atoms with Crippen molar-refractivity contribution in [2.75, 3.05) is 39.5 Å². The average Bonchev–Trinajstić information content (AvgIpc) is 3.27. The SMILES string of the molecule is c1ccc(-c2cn3c(n2)sc2cc(OCCN4CCOCC4)ccc23)cc1. The molecule has 1 fully saturated rings. The van der Waals surface area contributed by atoms with Gasteiger partial charge in [0, 0.05) is 31.4 Å². The molecule has 0 atom stereocenters. The van der Waals surface area contributed by atoms with Crippen LogP contribution in [0.1, 0.15) is 0 Å². The topological polar surface area (TPSA) is 39.0 Å². The third-order valence-electron chi connectivity index (χ3n) is 4.92. The predicted octanol–water partition coefficient (Wildman–Crippen LogP) is 3.93. The molecule has 138 valence electrons. The average molecular weight is 379 g/mol. The van der Waals surface area contributed by atoms with Crippen molar-refractivity contribution in [2.24, 2.45) is 0 Å². The van der Waals surface area contributed by atoms with Crippen LogP contribution in [0.15, 0.2) is 54.7 Å². The molecule has 1 saturated heterocycles. The molecule has 0 unspecified atom stereocenters. The van der Waals surface area contributed by atoms with Crippen molar-refractivity contribution >= 4 is 26.5 Å². The molecule has 0 aliphatic carbocycles. The van der Waals surface area contributed by atoms with Gasteiger partial charge in [0.15, 0.2) is 4.96 Å². The normalized spacial score (nSPS) is 15.6. The number of imidazole rings is 1. The lowest BCUT2D eigenvalue weighted by Gasteiger charge is -2.26. The Balaban J connectivity index is 1.33. The molecule has 0 N–H and O–H groups in total. The van der Waals surface area contributed by atoms with Crippen molar-refractivity contribution in [3.05, 3.63) is 54.7 Å². The lowest BCUT2D eigenvalue weighted by atomic mass is 10.2. The molecule has 4 aromatic rings. The minimum Gasteiger partial charge on any atom is -0.492 e. The summed E-state index contributed by atoms with van der Waals surface area (Å²) < 4.78 is 14.7. The van der Waals surface area contributed by atoms with Crippen molar-refractivity contribution in [1.82, 2.24) is 14.3 Å². The summed E-state index contributed by atoms with van der Waals surface area (Å²) in [5.41, 5.74) is 3.32. The van der Waals surface area contributed by atoms with Crippen LogP contribution in [0.4, 0.5) is 0 Å². The highest BCUT2D eigenvalue weighted by molar-refractivity contribution is 7.23. The fourth-order valence-electron chi connectivity index (χ4n) is 3.44. The molecule has 27 heavy (non-hydrogen) atoms. The summed E-state index contributed by atoms with van der Waals surface area (Å²) in [6.07, 6.45) is 2.11. The Morgan fingerprint density at radius 2 is 1.93 bits per heavy atom. The van der Waals surface area contributed by atoms with E-state index >= 15 is 0 Å². The van der Waals surface area contributed by atoms with Crippen molar-refractivity contribution in [1.29, 1.82) is 0 Å². The van der Waals surface area contributed by atoms with Gasteiger partial charge in [0.05, 0.1) is 29.1 Å². The molecule has 1 aliphatic rings. The lowest BCUT2D eigenvalue weighted by molar-refractivity contribution is 0.0322. The summed E-state index contributed by atoms with van der Waals surface area (Å²) in [4.78, 5) is 8.19. The lowest BCUT2D eigenvalue weighted by Crippen LogP contribution is -2.38. The van der Waals surface area contributed by atoms with Crippen LogP contribution in [0.3, 0.4) is 0 Å². The van der Waals surface area contributed by atoms with Gasteiger partial charge in [-0.3, -0.25) is 9.30 Å². The van der Waals surface area contributed by atoms with E-state index in [0.29, 0.717) is 6.61 Å². The molecule has 5 nitrogen and oxygen atoms in total. The number of rotatable bonds is 5. The molecule has 2 aromatic carbocycles. The van der Waals surface area contributed by atoms with Crippen LogP contribution in [0.25, 0.3) is 26.4 Å². The van der Waals surface area contributed by atoms with Gasteiger partial charge in [-0.2, -0.15) is 0 Å². The third-order valence-corrected chi connectivity index (χ3v) is 5.93. The molecule has 2 aromatic heterocycles. The van der Waals surface area contributed by atoms with Gasteiger partial charge < -0.3 is 9.47 Å². The van der Waals surface area contributed by atoms with Gasteiger partial charge in [-0.05, 0) is 18.2 Å². The van der Waals surface area contributed by atoms with Gasteiger partial charge in [0.25, 0.3) is 0 Å². The molecule has 0 amide bonds. The van der Waals surface area contributed by atoms with Gasteiger partial charge in [-0.1, -0.05) is 41.7 Å². The molecular formula is C21H21N3O2S. The van der Waals surface area contributed by atoms with Crippen molar-refractivity contribution in [2.45, 2.75) is 0 Å². The van der Waals surface area contributed by atoms with Crippen molar-refractivity contribution in [3.8, 4) is 17.0 Å². The highest BCUT2D eigenvalue weighted by Gasteiger charge is 2.12. The number of benzene rings is 2. The van der Waals surface area contributed by atoms with E-state index in [2.05, 4.69) is 45.8 Å². The van der Waals surface area contributed by atoms with Crippen LogP contribution in [-0.4, -0.2) is 53.7 Å². The molecule has 0 bridgehead atoms. The Labute approximate surface area is 161 Å². The molecule has 6 heteroatoms. The minimum absolute atomic E-state index is 0.701. The number of morpholine rings is 1. The standard InChI is InChI=1S/C21H21N3O2S/c1-2-4-16(5-3-1)18-15-24-19-7-6-17(14-20(19)27-21(24)22-18)26-13-10-23-8-11-25-12-9-23/h1-7,14-15H,8-13H2. The summed E-state index contributed by atoms with van der Waals surface area (Å²) in [5.74, 6) is 0.920. The number of hydrogen-bond donors (Lipinski definition) is 0. The zero-order chi connectivity index (χ0) is 18.1. The van der Waals surface area contributed by atoms with Crippen LogP contribution in [-0.2, 0) is 4.74 Å². The molecule has 5 rings (SSSR count). The van der Waals surface area contributed by atoms with Crippen LogP contribution in [0.5, 0.6) is 5.75 Å². The number of aromatic nitrogens is 2. The van der Waals surface area contributed by atoms with E-state index in [0.717, 1.165) is 54.8 Å². The van der Waals surface area contributed by atoms with Crippen LogP contribution >= 0.6 is 11.3 Å². The number of ether oxygens (including phenoxy) is 2. The predicted molar refractivity (Wildman–Crippen MR) is 109 cm³/mol. The van der Waals surface area contributed by atoms with Gasteiger partial charge in [0.1, 0.15) is 12.4 Å². The largest absolute Gasteiger partial charge is 0.492 e. The fraction of sp³-hybridized carbons (Fsp3) is 0.286. The Morgan fingerprint density at radius 3 is 2.78 bits per heavy atom. The Kier molecular flexibility index (Phi) is 4.53. The van der Waals surface area contributed by atoms with E-state index in [4.69, 9.17) is 14.5 Å². The van der Waals surface area contributed by atoms with Crippen LogP contribution in [0.2, 0.25) is 0 Å². The molecule has 0 saturated carbocycles. The van der Waals surface area contributed by atoms with E-state index in [1.54, 1.807) is 11.3 Å². The second-order valence-corrected chi connectivity index (χ2v) is 7.69. The summed E-state index contributed by atoms with van der Waals surface area (Å²) >= 11 is 1.70. The molecule has 3 heterocycles. The van der Waals surface area contributed by atoms with E-state index in [-0.39, 0.29) is 0 Å². The van der Waals surface area contributed by atoms with Crippen LogP contribution in [0, 0.1) is 0 Å². The monoisotopic (exact) mass is 379 g/mol. The highest BCUT2D eigenvalue weighted by atomic mass is 32.1. The van der Waals surface area contributed by atoms with E-state index in [1.807, 2.05) is 18.2 Å². The Bertz CT molecular complexity index is 1050. The smallest absolute Gasteiger partial charge is 0.195 e. The van der Waals surface area contributed by atoms with Crippen molar-refractivity contribution < 1.29 is 9.47 Å². The van der Waals surface area contributed by atoms with E-state index in [1.165, 1.54) is 10.2 Å². The zero-order valence-electron chi connectivity index (χ0n) is 15.0. The second kappa shape index (κ2) is 7.31. The molecule has 0 spiro atoms. The summed E-state index contributed by atoms with van der Waals surface area (Å²) in [6.45, 7) is 5.28. The summed E-state index contributed by atoms with van der Waals surface area (Å²) in [7, 11) is 0.